The average Bonchev–Trinajstić information content (AvgIpc) is 3.58. The van der Waals surface area contributed by atoms with E-state index >= 15 is 0 Å². The maximum atomic E-state index is 13.1. The second-order valence-electron chi connectivity index (χ2n) is 10.8. The molecule has 36 heavy (non-hydrogen) atoms. The van der Waals surface area contributed by atoms with Crippen molar-refractivity contribution < 1.29 is 4.79 Å². The summed E-state index contributed by atoms with van der Waals surface area (Å²) in [5, 5.41) is 0. The van der Waals surface area contributed by atoms with Gasteiger partial charge in [0.15, 0.2) is 0 Å². The van der Waals surface area contributed by atoms with Crippen molar-refractivity contribution in [3.63, 3.8) is 0 Å². The lowest BCUT2D eigenvalue weighted by atomic mass is 9.82. The van der Waals surface area contributed by atoms with Crippen LogP contribution in [0.2, 0.25) is 0 Å². The van der Waals surface area contributed by atoms with Crippen molar-refractivity contribution in [3.8, 4) is 0 Å². The van der Waals surface area contributed by atoms with Gasteiger partial charge in [0.2, 0.25) is 0 Å². The Hall–Kier alpha value is -2.73. The normalized spacial score (nSPS) is 22.8. The Bertz CT molecular complexity index is 1010. The van der Waals surface area contributed by atoms with Crippen LogP contribution < -0.4 is 0 Å². The van der Waals surface area contributed by atoms with Gasteiger partial charge in [-0.1, -0.05) is 43.2 Å². The molecule has 1 aromatic carbocycles. The van der Waals surface area contributed by atoms with Gasteiger partial charge < -0.3 is 14.8 Å². The van der Waals surface area contributed by atoms with Crippen LogP contribution in [0.4, 0.5) is 0 Å². The first kappa shape index (κ1) is 24.9. The molecule has 6 heteroatoms. The number of benzene rings is 1. The lowest BCUT2D eigenvalue weighted by molar-refractivity contribution is -0.125. The predicted molar refractivity (Wildman–Crippen MR) is 145 cm³/mol. The van der Waals surface area contributed by atoms with Crippen molar-refractivity contribution in [2.45, 2.75) is 89.8 Å². The highest BCUT2D eigenvalue weighted by Crippen LogP contribution is 2.31. The van der Waals surface area contributed by atoms with Gasteiger partial charge in [-0.15, -0.1) is 0 Å². The second kappa shape index (κ2) is 12.5. The second-order valence-corrected chi connectivity index (χ2v) is 10.8. The number of allylic oxidation sites excluding steroid dienone is 1. The van der Waals surface area contributed by atoms with E-state index in [0.29, 0.717) is 25.2 Å². The molecular formula is C30H41N5O. The van der Waals surface area contributed by atoms with Crippen LogP contribution in [0.25, 0.3) is 0 Å². The van der Waals surface area contributed by atoms with Gasteiger partial charge in [-0.3, -0.25) is 9.79 Å². The summed E-state index contributed by atoms with van der Waals surface area (Å²) >= 11 is 0. The Morgan fingerprint density at radius 1 is 0.972 bits per heavy atom. The minimum atomic E-state index is -0.0174. The van der Waals surface area contributed by atoms with Crippen LogP contribution in [0.1, 0.15) is 81.2 Å². The molecule has 2 aliphatic heterocycles. The van der Waals surface area contributed by atoms with Gasteiger partial charge in [0.05, 0.1) is 6.54 Å². The molecule has 5 rings (SSSR count). The molecule has 1 amide bonds. The predicted octanol–water partition coefficient (Wildman–Crippen LogP) is 5.66. The fraction of sp³-hybridized carbons (Fsp3) is 0.567. The summed E-state index contributed by atoms with van der Waals surface area (Å²) in [5.74, 6) is 1.64. The van der Waals surface area contributed by atoms with Crippen LogP contribution in [0, 0.1) is 5.92 Å². The van der Waals surface area contributed by atoms with E-state index in [-0.39, 0.29) is 5.91 Å². The number of aryl methyl sites for hydroxylation is 1. The van der Waals surface area contributed by atoms with Crippen LogP contribution in [-0.2, 0) is 24.3 Å². The first-order valence-corrected chi connectivity index (χ1v) is 14.1. The monoisotopic (exact) mass is 487 g/mol. The highest BCUT2D eigenvalue weighted by atomic mass is 16.2. The fourth-order valence-corrected chi connectivity index (χ4v) is 6.11. The smallest absolute Gasteiger partial charge is 0.269 e. The van der Waals surface area contributed by atoms with E-state index in [2.05, 4.69) is 44.1 Å². The van der Waals surface area contributed by atoms with Crippen molar-refractivity contribution >= 4 is 11.6 Å². The highest BCUT2D eigenvalue weighted by molar-refractivity contribution is 6.39. The van der Waals surface area contributed by atoms with Crippen molar-refractivity contribution in [1.82, 2.24) is 19.8 Å². The largest absolute Gasteiger partial charge is 0.347 e. The van der Waals surface area contributed by atoms with E-state index in [0.717, 1.165) is 29.8 Å². The number of aromatic amines is 1. The summed E-state index contributed by atoms with van der Waals surface area (Å²) in [4.78, 5) is 29.4. The van der Waals surface area contributed by atoms with Crippen molar-refractivity contribution in [2.24, 2.45) is 10.9 Å². The van der Waals surface area contributed by atoms with Crippen molar-refractivity contribution in [3.05, 3.63) is 65.9 Å². The standard InChI is InChI=1S/C30H41N5O/c36-30(28-6-5-17-31-28)35(23-29-32-18-19-33-29)22-26-11-9-24(10-12-26)7-8-25-13-15-27(16-14-25)34-20-3-1-2-4-21-34/h5,9-12,17-19,25,27H,1-4,6-8,13-16,20-23H2,(H,32,33). The van der Waals surface area contributed by atoms with Gasteiger partial charge in [-0.2, -0.15) is 0 Å². The number of amides is 1. The molecule has 1 N–H and O–H groups in total. The number of aliphatic imine (C=N–C) groups is 1. The quantitative estimate of drug-likeness (QED) is 0.496. The van der Waals surface area contributed by atoms with E-state index < -0.39 is 0 Å². The number of likely N-dealkylation sites (tertiary alicyclic amines) is 1. The maximum absolute atomic E-state index is 13.1. The number of imidazole rings is 1. The Labute approximate surface area is 215 Å². The summed E-state index contributed by atoms with van der Waals surface area (Å²) in [7, 11) is 0. The molecule has 0 spiro atoms. The minimum Gasteiger partial charge on any atom is -0.347 e. The molecule has 0 unspecified atom stereocenters. The summed E-state index contributed by atoms with van der Waals surface area (Å²) in [6, 6.07) is 9.72. The zero-order chi connectivity index (χ0) is 24.6. The van der Waals surface area contributed by atoms with E-state index in [1.807, 2.05) is 11.0 Å². The molecule has 6 nitrogen and oxygen atoms in total. The average molecular weight is 488 g/mol. The third-order valence-electron chi connectivity index (χ3n) is 8.29. The van der Waals surface area contributed by atoms with E-state index in [1.165, 1.54) is 76.4 Å². The molecule has 1 aliphatic carbocycles. The van der Waals surface area contributed by atoms with Crippen LogP contribution in [-0.4, -0.2) is 50.5 Å². The molecule has 192 valence electrons. The number of hydrogen-bond donors (Lipinski definition) is 1. The Morgan fingerprint density at radius 2 is 1.72 bits per heavy atom. The summed E-state index contributed by atoms with van der Waals surface area (Å²) in [6.45, 7) is 3.67. The SMILES string of the molecule is O=C(C1=NC=CC1)N(Cc1ccc(CCC2CCC(N3CCCCCC3)CC2)cc1)Cc1ncc[nH]1. The Morgan fingerprint density at radius 3 is 2.39 bits per heavy atom. The Balaban J connectivity index is 1.10. The molecule has 1 saturated carbocycles. The number of hydrogen-bond acceptors (Lipinski definition) is 4. The number of aromatic nitrogens is 2. The van der Waals surface area contributed by atoms with Crippen LogP contribution in [0.3, 0.4) is 0 Å². The zero-order valence-corrected chi connectivity index (χ0v) is 21.6. The molecule has 1 saturated heterocycles. The highest BCUT2D eigenvalue weighted by Gasteiger charge is 2.26. The molecule has 0 atom stereocenters. The van der Waals surface area contributed by atoms with Crippen LogP contribution in [0.5, 0.6) is 0 Å². The number of nitrogens with zero attached hydrogens (tertiary/aromatic N) is 4. The molecule has 0 radical (unpaired) electrons. The van der Waals surface area contributed by atoms with Crippen molar-refractivity contribution in [1.29, 1.82) is 0 Å². The number of carbonyl (C=O) groups is 1. The van der Waals surface area contributed by atoms with Crippen LogP contribution >= 0.6 is 0 Å². The van der Waals surface area contributed by atoms with Crippen molar-refractivity contribution in [2.75, 3.05) is 13.1 Å². The first-order valence-electron chi connectivity index (χ1n) is 14.1. The molecular weight excluding hydrogens is 446 g/mol. The van der Waals surface area contributed by atoms with E-state index in [9.17, 15) is 4.79 Å². The van der Waals surface area contributed by atoms with Crippen LogP contribution in [0.15, 0.2) is 53.9 Å². The third kappa shape index (κ3) is 6.73. The molecule has 1 aromatic heterocycles. The molecule has 3 heterocycles. The molecule has 2 fully saturated rings. The fourth-order valence-electron chi connectivity index (χ4n) is 6.11. The summed E-state index contributed by atoms with van der Waals surface area (Å²) in [5.41, 5.74) is 3.15. The number of H-pyrrole nitrogens is 1. The van der Waals surface area contributed by atoms with Gasteiger partial charge in [0.25, 0.3) is 5.91 Å². The molecule has 3 aliphatic rings. The number of carbonyl (C=O) groups excluding carboxylic acids is 1. The third-order valence-corrected chi connectivity index (χ3v) is 8.29. The van der Waals surface area contributed by atoms with Gasteiger partial charge in [0, 0.05) is 37.6 Å². The summed E-state index contributed by atoms with van der Waals surface area (Å²) in [6.07, 6.45) is 21.4. The lowest BCUT2D eigenvalue weighted by Gasteiger charge is -2.36. The van der Waals surface area contributed by atoms with Gasteiger partial charge in [0.1, 0.15) is 11.5 Å². The Kier molecular flexibility index (Phi) is 8.65. The van der Waals surface area contributed by atoms with E-state index in [1.54, 1.807) is 18.6 Å². The first-order chi connectivity index (χ1) is 17.7. The minimum absolute atomic E-state index is 0.0174. The van der Waals surface area contributed by atoms with Gasteiger partial charge in [-0.05, 0) is 81.5 Å². The zero-order valence-electron chi connectivity index (χ0n) is 21.6. The molecule has 0 bridgehead atoms. The van der Waals surface area contributed by atoms with E-state index in [4.69, 9.17) is 0 Å². The topological polar surface area (TPSA) is 64.6 Å². The van der Waals surface area contributed by atoms with Gasteiger partial charge >= 0.3 is 0 Å². The van der Waals surface area contributed by atoms with Gasteiger partial charge in [-0.25, -0.2) is 4.98 Å². The molecule has 2 aromatic rings. The summed E-state index contributed by atoms with van der Waals surface area (Å²) < 4.78 is 0. The number of rotatable bonds is 9. The maximum Gasteiger partial charge on any atom is 0.269 e. The number of nitrogens with one attached hydrogen (secondary N) is 1. The lowest BCUT2D eigenvalue weighted by Crippen LogP contribution is -2.38.